The van der Waals surface area contributed by atoms with Crippen molar-refractivity contribution in [3.63, 3.8) is 0 Å². The van der Waals surface area contributed by atoms with Crippen molar-refractivity contribution >= 4 is 11.1 Å². The van der Waals surface area contributed by atoms with Crippen LogP contribution in [0.4, 0.5) is 0 Å². The molecule has 2 fully saturated rings. The van der Waals surface area contributed by atoms with Gasteiger partial charge in [0.15, 0.2) is 12.6 Å². The van der Waals surface area contributed by atoms with E-state index < -0.39 is 0 Å². The molecule has 4 nitrogen and oxygen atoms in total. The second-order valence-electron chi connectivity index (χ2n) is 8.08. The Hall–Kier alpha value is -2.56. The summed E-state index contributed by atoms with van der Waals surface area (Å²) in [6.45, 7) is 13.4. The lowest BCUT2D eigenvalue weighted by Crippen LogP contribution is -2.24. The highest BCUT2D eigenvalue weighted by molar-refractivity contribution is 5.62. The summed E-state index contributed by atoms with van der Waals surface area (Å²) in [6, 6.07) is 16.0. The van der Waals surface area contributed by atoms with Crippen molar-refractivity contribution in [1.29, 1.82) is 0 Å². The molecule has 2 aliphatic heterocycles. The molecule has 4 heteroatoms. The van der Waals surface area contributed by atoms with Gasteiger partial charge in [0.2, 0.25) is 0 Å². The molecule has 0 aromatic heterocycles. The maximum absolute atomic E-state index is 5.74. The Bertz CT molecular complexity index is 827. The number of ether oxygens (including phenoxy) is 4. The predicted molar refractivity (Wildman–Crippen MR) is 126 cm³/mol. The van der Waals surface area contributed by atoms with Crippen LogP contribution in [0.1, 0.15) is 57.1 Å². The normalized spacial score (nSPS) is 20.3. The van der Waals surface area contributed by atoms with Gasteiger partial charge in [-0.1, -0.05) is 48.6 Å². The average Bonchev–Trinajstić information content (AvgIpc) is 3.29. The Morgan fingerprint density at radius 1 is 0.677 bits per heavy atom. The highest BCUT2D eigenvalue weighted by Gasteiger charge is 2.16. The summed E-state index contributed by atoms with van der Waals surface area (Å²) in [6.07, 6.45) is 5.28. The molecule has 2 atom stereocenters. The van der Waals surface area contributed by atoms with Gasteiger partial charge in [-0.2, -0.15) is 0 Å². The van der Waals surface area contributed by atoms with Gasteiger partial charge in [-0.05, 0) is 68.5 Å². The maximum Gasteiger partial charge on any atom is 0.199 e. The van der Waals surface area contributed by atoms with Crippen molar-refractivity contribution in [2.24, 2.45) is 0 Å². The van der Waals surface area contributed by atoms with Crippen LogP contribution in [-0.2, 0) is 9.47 Å². The molecule has 2 aliphatic rings. The summed E-state index contributed by atoms with van der Waals surface area (Å²) in [7, 11) is 0. The number of hydrogen-bond donors (Lipinski definition) is 0. The minimum absolute atomic E-state index is 0.0549. The fourth-order valence-corrected chi connectivity index (χ4v) is 3.38. The van der Waals surface area contributed by atoms with E-state index in [1.54, 1.807) is 0 Å². The van der Waals surface area contributed by atoms with E-state index in [9.17, 15) is 0 Å². The minimum Gasteiger partial charge on any atom is -0.465 e. The summed E-state index contributed by atoms with van der Waals surface area (Å²) < 4.78 is 22.3. The molecule has 2 aromatic carbocycles. The summed E-state index contributed by atoms with van der Waals surface area (Å²) in [5, 5.41) is 0. The van der Waals surface area contributed by atoms with Crippen molar-refractivity contribution in [3.8, 4) is 11.5 Å². The lowest BCUT2D eigenvalue weighted by atomic mass is 10.1. The highest BCUT2D eigenvalue weighted by Crippen LogP contribution is 2.22. The van der Waals surface area contributed by atoms with Crippen molar-refractivity contribution in [2.45, 2.75) is 58.5 Å². The molecule has 2 unspecified atom stereocenters. The van der Waals surface area contributed by atoms with Crippen LogP contribution in [0.2, 0.25) is 0 Å². The van der Waals surface area contributed by atoms with Gasteiger partial charge < -0.3 is 18.9 Å². The van der Waals surface area contributed by atoms with Gasteiger partial charge in [0.05, 0.1) is 13.2 Å². The first kappa shape index (κ1) is 23.1. The molecule has 0 radical (unpaired) electrons. The third-order valence-corrected chi connectivity index (χ3v) is 5.26. The van der Waals surface area contributed by atoms with Gasteiger partial charge in [-0.3, -0.25) is 0 Å². The molecule has 2 heterocycles. The second kappa shape index (κ2) is 11.7. The third-order valence-electron chi connectivity index (χ3n) is 5.26. The number of hydrogen-bond acceptors (Lipinski definition) is 4. The van der Waals surface area contributed by atoms with Gasteiger partial charge in [0, 0.05) is 12.8 Å². The Labute approximate surface area is 186 Å². The van der Waals surface area contributed by atoms with Crippen LogP contribution < -0.4 is 9.47 Å². The molecular weight excluding hydrogens is 388 g/mol. The molecule has 0 N–H and O–H groups in total. The minimum atomic E-state index is -0.0653. The average molecular weight is 423 g/mol. The van der Waals surface area contributed by atoms with E-state index in [1.165, 1.54) is 6.42 Å². The van der Waals surface area contributed by atoms with Gasteiger partial charge in [0.25, 0.3) is 0 Å². The quantitative estimate of drug-likeness (QED) is 0.509. The van der Waals surface area contributed by atoms with Crippen molar-refractivity contribution in [3.05, 3.63) is 72.8 Å². The summed E-state index contributed by atoms with van der Waals surface area (Å²) in [5.74, 6) is 1.74. The van der Waals surface area contributed by atoms with Crippen LogP contribution in [-0.4, -0.2) is 25.8 Å². The first-order chi connectivity index (χ1) is 15.0. The first-order valence-electron chi connectivity index (χ1n) is 11.1. The molecule has 4 rings (SSSR count). The Morgan fingerprint density at radius 3 is 1.42 bits per heavy atom. The highest BCUT2D eigenvalue weighted by atomic mass is 16.7. The monoisotopic (exact) mass is 422 g/mol. The SMILES string of the molecule is C=C(C)c1ccc(OC2CCCCO2)cc1.C=C(C)c1ccc(OC2CCCO2)cc1. The van der Waals surface area contributed by atoms with Crippen LogP contribution in [0, 0.1) is 0 Å². The van der Waals surface area contributed by atoms with E-state index in [0.717, 1.165) is 72.7 Å². The van der Waals surface area contributed by atoms with Crippen LogP contribution in [0.3, 0.4) is 0 Å². The number of benzene rings is 2. The summed E-state index contributed by atoms with van der Waals surface area (Å²) in [5.41, 5.74) is 4.44. The van der Waals surface area contributed by atoms with Crippen LogP contribution >= 0.6 is 0 Å². The largest absolute Gasteiger partial charge is 0.465 e. The fraction of sp³-hybridized carbons (Fsp3) is 0.407. The van der Waals surface area contributed by atoms with Crippen molar-refractivity contribution in [1.82, 2.24) is 0 Å². The zero-order valence-electron chi connectivity index (χ0n) is 18.8. The van der Waals surface area contributed by atoms with Gasteiger partial charge >= 0.3 is 0 Å². The Balaban J connectivity index is 0.000000176. The lowest BCUT2D eigenvalue weighted by molar-refractivity contribution is -0.105. The van der Waals surface area contributed by atoms with E-state index in [0.29, 0.717) is 0 Å². The molecule has 31 heavy (non-hydrogen) atoms. The molecule has 0 saturated carbocycles. The molecule has 2 saturated heterocycles. The van der Waals surface area contributed by atoms with E-state index in [4.69, 9.17) is 18.9 Å². The van der Waals surface area contributed by atoms with Crippen LogP contribution in [0.25, 0.3) is 11.1 Å². The molecule has 0 bridgehead atoms. The lowest BCUT2D eigenvalue weighted by Gasteiger charge is -2.23. The van der Waals surface area contributed by atoms with E-state index in [-0.39, 0.29) is 12.6 Å². The predicted octanol–water partition coefficient (Wildman–Crippen LogP) is 6.86. The molecule has 166 valence electrons. The van der Waals surface area contributed by atoms with E-state index >= 15 is 0 Å². The summed E-state index contributed by atoms with van der Waals surface area (Å²) >= 11 is 0. The van der Waals surface area contributed by atoms with Crippen molar-refractivity contribution < 1.29 is 18.9 Å². The zero-order chi connectivity index (χ0) is 22.1. The van der Waals surface area contributed by atoms with Gasteiger partial charge in [0.1, 0.15) is 11.5 Å². The van der Waals surface area contributed by atoms with E-state index in [2.05, 4.69) is 13.2 Å². The molecule has 0 aliphatic carbocycles. The van der Waals surface area contributed by atoms with Crippen molar-refractivity contribution in [2.75, 3.05) is 13.2 Å². The van der Waals surface area contributed by atoms with Crippen LogP contribution in [0.5, 0.6) is 11.5 Å². The van der Waals surface area contributed by atoms with Gasteiger partial charge in [-0.15, -0.1) is 0 Å². The fourth-order valence-electron chi connectivity index (χ4n) is 3.38. The standard InChI is InChI=1S/C14H18O2.C13H16O2/c1-11(2)12-6-8-13(9-7-12)16-14-5-3-4-10-15-14;1-10(2)11-5-7-12(8-6-11)15-13-4-3-9-14-13/h6-9,14H,1,3-5,10H2,2H3;5-8,13H,1,3-4,9H2,2H3. The topological polar surface area (TPSA) is 36.9 Å². The number of rotatable bonds is 6. The summed E-state index contributed by atoms with van der Waals surface area (Å²) in [4.78, 5) is 0. The van der Waals surface area contributed by atoms with Gasteiger partial charge in [-0.25, -0.2) is 0 Å². The second-order valence-corrected chi connectivity index (χ2v) is 8.08. The van der Waals surface area contributed by atoms with E-state index in [1.807, 2.05) is 62.4 Å². The maximum atomic E-state index is 5.74. The smallest absolute Gasteiger partial charge is 0.199 e. The Kier molecular flexibility index (Phi) is 8.74. The van der Waals surface area contributed by atoms with Crippen LogP contribution in [0.15, 0.2) is 61.7 Å². The molecule has 0 amide bonds. The molecule has 2 aromatic rings. The molecular formula is C27H34O4. The number of allylic oxidation sites excluding steroid dienone is 2. The zero-order valence-corrected chi connectivity index (χ0v) is 18.8. The third kappa shape index (κ3) is 7.57. The first-order valence-corrected chi connectivity index (χ1v) is 11.1. The Morgan fingerprint density at radius 2 is 1.10 bits per heavy atom. The molecule has 0 spiro atoms.